The molecule has 20 heavy (non-hydrogen) atoms. The number of hydrogen-bond acceptors (Lipinski definition) is 2. The van der Waals surface area contributed by atoms with Gasteiger partial charge in [0.2, 0.25) is 0 Å². The van der Waals surface area contributed by atoms with Gasteiger partial charge in [0.15, 0.2) is 0 Å². The highest BCUT2D eigenvalue weighted by Gasteiger charge is 2.35. The maximum atomic E-state index is 12.9. The average Bonchev–Trinajstić information content (AvgIpc) is 2.66. The maximum absolute atomic E-state index is 12.9. The summed E-state index contributed by atoms with van der Waals surface area (Å²) in [6, 6.07) is 4.81. The van der Waals surface area contributed by atoms with Gasteiger partial charge >= 0.3 is 6.18 Å². The van der Waals surface area contributed by atoms with Gasteiger partial charge in [0.05, 0.1) is 11.1 Å². The van der Waals surface area contributed by atoms with Gasteiger partial charge in [-0.2, -0.15) is 13.2 Å². The number of carbonyl (C=O) groups excluding carboxylic acids is 1. The molecule has 6 heteroatoms. The Bertz CT molecular complexity index is 466. The summed E-state index contributed by atoms with van der Waals surface area (Å²) in [6.07, 6.45) is -2.09. The fourth-order valence-corrected chi connectivity index (χ4v) is 2.35. The van der Waals surface area contributed by atoms with E-state index < -0.39 is 17.6 Å². The summed E-state index contributed by atoms with van der Waals surface area (Å²) >= 11 is 0. The van der Waals surface area contributed by atoms with Gasteiger partial charge in [-0.15, -0.1) is 0 Å². The van der Waals surface area contributed by atoms with E-state index in [0.717, 1.165) is 38.4 Å². The van der Waals surface area contributed by atoms with E-state index >= 15 is 0 Å². The first-order valence-corrected chi connectivity index (χ1v) is 6.66. The fraction of sp³-hybridized carbons (Fsp3) is 0.500. The van der Waals surface area contributed by atoms with E-state index in [0.29, 0.717) is 0 Å². The second-order valence-electron chi connectivity index (χ2n) is 4.89. The summed E-state index contributed by atoms with van der Waals surface area (Å²) in [7, 11) is 0. The first-order valence-electron chi connectivity index (χ1n) is 6.66. The molecule has 1 aliphatic rings. The molecule has 0 spiro atoms. The standard InChI is InChI=1S/C14H17F3N2O/c15-14(16,17)12-6-2-1-5-11(12)13(20)19-10-4-3-8-18-9-7-10/h1-2,5-6,10,18H,3-4,7-9H2,(H,19,20). The number of rotatable bonds is 2. The third-order valence-corrected chi connectivity index (χ3v) is 3.39. The normalized spacial score (nSPS) is 20.2. The summed E-state index contributed by atoms with van der Waals surface area (Å²) in [4.78, 5) is 12.1. The lowest BCUT2D eigenvalue weighted by molar-refractivity contribution is -0.137. The SMILES string of the molecule is O=C(NC1CCCNCC1)c1ccccc1C(F)(F)F. The van der Waals surface area contributed by atoms with Crippen LogP contribution in [0.2, 0.25) is 0 Å². The molecule has 110 valence electrons. The Labute approximate surface area is 115 Å². The van der Waals surface area contributed by atoms with Crippen molar-refractivity contribution in [3.63, 3.8) is 0 Å². The lowest BCUT2D eigenvalue weighted by atomic mass is 10.0. The minimum Gasteiger partial charge on any atom is -0.349 e. The van der Waals surface area contributed by atoms with Crippen LogP contribution in [0.5, 0.6) is 0 Å². The van der Waals surface area contributed by atoms with Crippen molar-refractivity contribution in [1.82, 2.24) is 10.6 Å². The van der Waals surface area contributed by atoms with Crippen LogP contribution in [0.3, 0.4) is 0 Å². The first-order chi connectivity index (χ1) is 9.48. The quantitative estimate of drug-likeness (QED) is 0.877. The van der Waals surface area contributed by atoms with Gasteiger partial charge in [-0.25, -0.2) is 0 Å². The van der Waals surface area contributed by atoms with Crippen molar-refractivity contribution in [3.8, 4) is 0 Å². The molecule has 0 radical (unpaired) electrons. The van der Waals surface area contributed by atoms with Crippen LogP contribution in [0.15, 0.2) is 24.3 Å². The maximum Gasteiger partial charge on any atom is 0.417 e. The molecule has 3 nitrogen and oxygen atoms in total. The van der Waals surface area contributed by atoms with E-state index in [1.165, 1.54) is 18.2 Å². The third-order valence-electron chi connectivity index (χ3n) is 3.39. The van der Waals surface area contributed by atoms with Gasteiger partial charge in [-0.1, -0.05) is 12.1 Å². The minimum atomic E-state index is -4.51. The molecule has 0 aliphatic carbocycles. The average molecular weight is 286 g/mol. The Kier molecular flexibility index (Phi) is 4.65. The molecule has 1 saturated heterocycles. The van der Waals surface area contributed by atoms with Gasteiger partial charge in [-0.05, 0) is 44.5 Å². The summed E-state index contributed by atoms with van der Waals surface area (Å²) in [5.74, 6) is -0.648. The summed E-state index contributed by atoms with van der Waals surface area (Å²) < 4.78 is 38.6. The molecule has 1 fully saturated rings. The zero-order valence-electron chi connectivity index (χ0n) is 11.0. The molecule has 1 aliphatic heterocycles. The monoisotopic (exact) mass is 286 g/mol. The zero-order valence-corrected chi connectivity index (χ0v) is 11.0. The second kappa shape index (κ2) is 6.26. The van der Waals surface area contributed by atoms with Crippen molar-refractivity contribution in [2.75, 3.05) is 13.1 Å². The van der Waals surface area contributed by atoms with E-state index in [1.807, 2.05) is 0 Å². The van der Waals surface area contributed by atoms with Crippen molar-refractivity contribution in [2.24, 2.45) is 0 Å². The molecule has 1 atom stereocenters. The summed E-state index contributed by atoms with van der Waals surface area (Å²) in [5, 5.41) is 5.90. The second-order valence-corrected chi connectivity index (χ2v) is 4.89. The van der Waals surface area contributed by atoms with Crippen molar-refractivity contribution in [3.05, 3.63) is 35.4 Å². The molecule has 0 saturated carbocycles. The molecule has 2 rings (SSSR count). The molecule has 0 aromatic heterocycles. The Balaban J connectivity index is 2.13. The van der Waals surface area contributed by atoms with Crippen molar-refractivity contribution in [2.45, 2.75) is 31.5 Å². The molecular formula is C14H17F3N2O. The van der Waals surface area contributed by atoms with Crippen LogP contribution in [0.4, 0.5) is 13.2 Å². The Morgan fingerprint density at radius 2 is 1.95 bits per heavy atom. The highest BCUT2D eigenvalue weighted by Crippen LogP contribution is 2.31. The van der Waals surface area contributed by atoms with Gasteiger partial charge in [-0.3, -0.25) is 4.79 Å². The van der Waals surface area contributed by atoms with Gasteiger partial charge in [0, 0.05) is 6.04 Å². The summed E-state index contributed by atoms with van der Waals surface area (Å²) in [5.41, 5.74) is -1.19. The van der Waals surface area contributed by atoms with Gasteiger partial charge < -0.3 is 10.6 Å². The molecular weight excluding hydrogens is 269 g/mol. The first kappa shape index (κ1) is 14.8. The lowest BCUT2D eigenvalue weighted by Crippen LogP contribution is -2.36. The predicted molar refractivity (Wildman–Crippen MR) is 69.4 cm³/mol. The Morgan fingerprint density at radius 3 is 2.70 bits per heavy atom. The molecule has 1 unspecified atom stereocenters. The zero-order chi connectivity index (χ0) is 14.6. The number of halogens is 3. The van der Waals surface area contributed by atoms with E-state index in [2.05, 4.69) is 10.6 Å². The van der Waals surface area contributed by atoms with E-state index in [9.17, 15) is 18.0 Å². The van der Waals surface area contributed by atoms with Crippen LogP contribution in [0.1, 0.15) is 35.2 Å². The Morgan fingerprint density at radius 1 is 1.20 bits per heavy atom. The highest BCUT2D eigenvalue weighted by atomic mass is 19.4. The molecule has 0 bridgehead atoms. The minimum absolute atomic E-state index is 0.0706. The number of alkyl halides is 3. The number of carbonyl (C=O) groups is 1. The number of hydrogen-bond donors (Lipinski definition) is 2. The van der Waals surface area contributed by atoms with Crippen molar-refractivity contribution in [1.29, 1.82) is 0 Å². The fourth-order valence-electron chi connectivity index (χ4n) is 2.35. The van der Waals surface area contributed by atoms with Gasteiger partial charge in [0.1, 0.15) is 0 Å². The van der Waals surface area contributed by atoms with Crippen LogP contribution in [0.25, 0.3) is 0 Å². The number of amides is 1. The topological polar surface area (TPSA) is 41.1 Å². The smallest absolute Gasteiger partial charge is 0.349 e. The lowest BCUT2D eigenvalue weighted by Gasteiger charge is -2.18. The third kappa shape index (κ3) is 3.72. The molecule has 1 heterocycles. The predicted octanol–water partition coefficient (Wildman–Crippen LogP) is 2.58. The molecule has 1 amide bonds. The van der Waals surface area contributed by atoms with E-state index in [1.54, 1.807) is 0 Å². The van der Waals surface area contributed by atoms with E-state index in [-0.39, 0.29) is 11.6 Å². The van der Waals surface area contributed by atoms with Crippen molar-refractivity contribution < 1.29 is 18.0 Å². The molecule has 1 aromatic carbocycles. The van der Waals surface area contributed by atoms with Crippen LogP contribution in [0, 0.1) is 0 Å². The Hall–Kier alpha value is -1.56. The largest absolute Gasteiger partial charge is 0.417 e. The highest BCUT2D eigenvalue weighted by molar-refractivity contribution is 5.96. The number of benzene rings is 1. The number of nitrogens with one attached hydrogen (secondary N) is 2. The van der Waals surface area contributed by atoms with Gasteiger partial charge in [0.25, 0.3) is 5.91 Å². The molecule has 2 N–H and O–H groups in total. The van der Waals surface area contributed by atoms with Crippen LogP contribution < -0.4 is 10.6 Å². The van der Waals surface area contributed by atoms with Crippen LogP contribution >= 0.6 is 0 Å². The van der Waals surface area contributed by atoms with Crippen molar-refractivity contribution >= 4 is 5.91 Å². The van der Waals surface area contributed by atoms with Crippen LogP contribution in [-0.4, -0.2) is 25.0 Å². The van der Waals surface area contributed by atoms with E-state index in [4.69, 9.17) is 0 Å². The van der Waals surface area contributed by atoms with Crippen LogP contribution in [-0.2, 0) is 6.18 Å². The summed E-state index contributed by atoms with van der Waals surface area (Å²) in [6.45, 7) is 1.65. The molecule has 1 aromatic rings.